The molecule has 0 radical (unpaired) electrons. The fraction of sp³-hybridized carbons (Fsp3) is 0.667. The molecular formula is C18H28N2O3. The quantitative estimate of drug-likeness (QED) is 0.866. The summed E-state index contributed by atoms with van der Waals surface area (Å²) in [6.45, 7) is 9.67. The van der Waals surface area contributed by atoms with Crippen LogP contribution in [-0.2, 0) is 4.74 Å². The van der Waals surface area contributed by atoms with Gasteiger partial charge in [-0.05, 0) is 63.0 Å². The van der Waals surface area contributed by atoms with Crippen molar-refractivity contribution in [1.29, 1.82) is 0 Å². The van der Waals surface area contributed by atoms with Gasteiger partial charge in [0.2, 0.25) is 0 Å². The Morgan fingerprint density at radius 3 is 2.48 bits per heavy atom. The smallest absolute Gasteiger partial charge is 0.412 e. The molecule has 0 aliphatic heterocycles. The Balaban J connectivity index is 2.16. The van der Waals surface area contributed by atoms with Crippen molar-refractivity contribution >= 4 is 11.8 Å². The molecule has 5 heteroatoms. The maximum Gasteiger partial charge on any atom is 0.412 e. The van der Waals surface area contributed by atoms with Crippen molar-refractivity contribution in [2.75, 3.05) is 5.32 Å². The van der Waals surface area contributed by atoms with Crippen molar-refractivity contribution in [3.63, 3.8) is 0 Å². The van der Waals surface area contributed by atoms with Gasteiger partial charge in [0.15, 0.2) is 0 Å². The molecular weight excluding hydrogens is 292 g/mol. The predicted octanol–water partition coefficient (Wildman–Crippen LogP) is 3.94. The average Bonchev–Trinajstić information content (AvgIpc) is 2.42. The van der Waals surface area contributed by atoms with Gasteiger partial charge >= 0.3 is 6.09 Å². The van der Waals surface area contributed by atoms with E-state index in [1.807, 2.05) is 26.8 Å². The molecule has 2 rings (SSSR count). The Labute approximate surface area is 138 Å². The Morgan fingerprint density at radius 1 is 1.30 bits per heavy atom. The van der Waals surface area contributed by atoms with E-state index in [2.05, 4.69) is 24.1 Å². The second-order valence-electron chi connectivity index (χ2n) is 7.70. The van der Waals surface area contributed by atoms with Gasteiger partial charge in [0.25, 0.3) is 0 Å². The van der Waals surface area contributed by atoms with Crippen LogP contribution in [0.15, 0.2) is 18.5 Å². The summed E-state index contributed by atoms with van der Waals surface area (Å²) in [5.74, 6) is 0.786. The van der Waals surface area contributed by atoms with Crippen LogP contribution in [0.3, 0.4) is 0 Å². The highest BCUT2D eigenvalue weighted by molar-refractivity contribution is 5.85. The molecule has 1 aromatic heterocycles. The molecule has 1 heterocycles. The first kappa shape index (κ1) is 17.7. The lowest BCUT2D eigenvalue weighted by Gasteiger charge is -2.36. The summed E-state index contributed by atoms with van der Waals surface area (Å²) in [5, 5.41) is 13.0. The second kappa shape index (κ2) is 6.87. The van der Waals surface area contributed by atoms with Crippen molar-refractivity contribution in [2.24, 2.45) is 11.8 Å². The molecule has 23 heavy (non-hydrogen) atoms. The van der Waals surface area contributed by atoms with Crippen molar-refractivity contribution in [2.45, 2.75) is 65.1 Å². The molecule has 0 saturated heterocycles. The summed E-state index contributed by atoms with van der Waals surface area (Å²) in [6, 6.07) is 1.95. The number of anilines is 1. The van der Waals surface area contributed by atoms with Gasteiger partial charge in [0.05, 0.1) is 18.0 Å². The third kappa shape index (κ3) is 4.67. The monoisotopic (exact) mass is 320 g/mol. The molecule has 1 aromatic rings. The summed E-state index contributed by atoms with van der Waals surface area (Å²) in [4.78, 5) is 16.2. The Morgan fingerprint density at radius 2 is 1.91 bits per heavy atom. The molecule has 1 aliphatic rings. The normalized spacial score (nSPS) is 28.3. The van der Waals surface area contributed by atoms with Gasteiger partial charge in [0, 0.05) is 6.20 Å². The highest BCUT2D eigenvalue weighted by Crippen LogP contribution is 2.41. The van der Waals surface area contributed by atoms with Crippen LogP contribution in [0.25, 0.3) is 0 Å². The van der Waals surface area contributed by atoms with E-state index in [0.29, 0.717) is 11.6 Å². The third-order valence-electron chi connectivity index (χ3n) is 4.41. The minimum Gasteiger partial charge on any atom is -0.444 e. The number of hydrogen-bond acceptors (Lipinski definition) is 4. The number of carbonyl (C=O) groups excluding carboxylic acids is 1. The van der Waals surface area contributed by atoms with E-state index in [1.165, 1.54) is 0 Å². The molecule has 1 aliphatic carbocycles. The second-order valence-corrected chi connectivity index (χ2v) is 7.70. The van der Waals surface area contributed by atoms with Crippen molar-refractivity contribution in [1.82, 2.24) is 4.98 Å². The van der Waals surface area contributed by atoms with Crippen LogP contribution in [0.5, 0.6) is 0 Å². The highest BCUT2D eigenvalue weighted by atomic mass is 16.6. The van der Waals surface area contributed by atoms with E-state index in [4.69, 9.17) is 4.74 Å². The largest absolute Gasteiger partial charge is 0.444 e. The number of carbonyl (C=O) groups is 1. The van der Waals surface area contributed by atoms with Gasteiger partial charge in [-0.15, -0.1) is 0 Å². The van der Waals surface area contributed by atoms with Gasteiger partial charge in [-0.2, -0.15) is 0 Å². The lowest BCUT2D eigenvalue weighted by molar-refractivity contribution is 0.0252. The highest BCUT2D eigenvalue weighted by Gasteiger charge is 2.33. The van der Waals surface area contributed by atoms with Crippen LogP contribution in [-0.4, -0.2) is 27.9 Å². The fourth-order valence-corrected chi connectivity index (χ4v) is 3.37. The SMILES string of the molecule is C[C@@H]1C[C@H](c2ccncc2NC(=O)OC(C)(C)C)C[C@H](C)[C@H]1O. The molecule has 128 valence electrons. The molecule has 1 fully saturated rings. The molecule has 0 bridgehead atoms. The standard InChI is InChI=1S/C18H28N2O3/c1-11-8-13(9-12(2)16(11)21)14-6-7-19-10-15(14)20-17(22)23-18(3,4)5/h6-7,10-13,16,21H,8-9H2,1-5H3,(H,20,22)/t11-,12+,13+,16+. The Bertz CT molecular complexity index is 541. The zero-order valence-corrected chi connectivity index (χ0v) is 14.7. The van der Waals surface area contributed by atoms with E-state index >= 15 is 0 Å². The molecule has 1 saturated carbocycles. The fourth-order valence-electron chi connectivity index (χ4n) is 3.37. The summed E-state index contributed by atoms with van der Waals surface area (Å²) in [6.07, 6.45) is 4.49. The number of hydrogen-bond donors (Lipinski definition) is 2. The Hall–Kier alpha value is -1.62. The maximum absolute atomic E-state index is 12.0. The van der Waals surface area contributed by atoms with Crippen LogP contribution in [0, 0.1) is 11.8 Å². The lowest BCUT2D eigenvalue weighted by atomic mass is 9.72. The summed E-state index contributed by atoms with van der Waals surface area (Å²) < 4.78 is 5.33. The van der Waals surface area contributed by atoms with Crippen LogP contribution < -0.4 is 5.32 Å². The van der Waals surface area contributed by atoms with Gasteiger partial charge in [-0.1, -0.05) is 13.8 Å². The minimum absolute atomic E-state index is 0.242. The molecule has 0 spiro atoms. The first-order valence-corrected chi connectivity index (χ1v) is 8.29. The molecule has 0 unspecified atom stereocenters. The van der Waals surface area contributed by atoms with Crippen LogP contribution >= 0.6 is 0 Å². The van der Waals surface area contributed by atoms with Gasteiger partial charge < -0.3 is 9.84 Å². The third-order valence-corrected chi connectivity index (χ3v) is 4.41. The van der Waals surface area contributed by atoms with Crippen LogP contribution in [0.1, 0.15) is 58.9 Å². The van der Waals surface area contributed by atoms with Crippen molar-refractivity contribution in [3.8, 4) is 0 Å². The molecule has 0 aromatic carbocycles. The maximum atomic E-state index is 12.0. The van der Waals surface area contributed by atoms with Gasteiger partial charge in [0.1, 0.15) is 5.60 Å². The van der Waals surface area contributed by atoms with E-state index in [-0.39, 0.29) is 17.9 Å². The van der Waals surface area contributed by atoms with Crippen LogP contribution in [0.4, 0.5) is 10.5 Å². The summed E-state index contributed by atoms with van der Waals surface area (Å²) in [5.41, 5.74) is 1.23. The minimum atomic E-state index is -0.537. The predicted molar refractivity (Wildman–Crippen MR) is 90.4 cm³/mol. The summed E-state index contributed by atoms with van der Waals surface area (Å²) >= 11 is 0. The van der Waals surface area contributed by atoms with Crippen molar-refractivity contribution in [3.05, 3.63) is 24.0 Å². The van der Waals surface area contributed by atoms with Crippen LogP contribution in [0.2, 0.25) is 0 Å². The first-order valence-electron chi connectivity index (χ1n) is 8.29. The number of pyridine rings is 1. The molecule has 2 N–H and O–H groups in total. The lowest BCUT2D eigenvalue weighted by Crippen LogP contribution is -2.34. The van der Waals surface area contributed by atoms with Gasteiger partial charge in [-0.3, -0.25) is 10.3 Å². The van der Waals surface area contributed by atoms with Gasteiger partial charge in [-0.25, -0.2) is 4.79 Å². The number of nitrogens with one attached hydrogen (secondary N) is 1. The van der Waals surface area contributed by atoms with E-state index in [9.17, 15) is 9.90 Å². The average molecular weight is 320 g/mol. The summed E-state index contributed by atoms with van der Waals surface area (Å²) in [7, 11) is 0. The number of rotatable bonds is 2. The van der Waals surface area contributed by atoms with E-state index < -0.39 is 11.7 Å². The van der Waals surface area contributed by atoms with E-state index in [1.54, 1.807) is 12.4 Å². The zero-order valence-electron chi connectivity index (χ0n) is 14.7. The number of ether oxygens (including phenoxy) is 1. The number of nitrogens with zero attached hydrogens (tertiary/aromatic N) is 1. The molecule has 4 atom stereocenters. The Kier molecular flexibility index (Phi) is 5.30. The molecule has 5 nitrogen and oxygen atoms in total. The first-order chi connectivity index (χ1) is 10.7. The van der Waals surface area contributed by atoms with E-state index in [0.717, 1.165) is 18.4 Å². The van der Waals surface area contributed by atoms with Crippen molar-refractivity contribution < 1.29 is 14.6 Å². The zero-order chi connectivity index (χ0) is 17.2. The number of aromatic nitrogens is 1. The molecule has 1 amide bonds. The number of aliphatic hydroxyl groups excluding tert-OH is 1. The number of aliphatic hydroxyl groups is 1. The number of amides is 1. The topological polar surface area (TPSA) is 71.5 Å².